The fourth-order valence-corrected chi connectivity index (χ4v) is 3.07. The van der Waals surface area contributed by atoms with Crippen molar-refractivity contribution in [1.82, 2.24) is 0 Å². The molecular weight excluding hydrogens is 377 g/mol. The number of rotatable bonds is 3. The van der Waals surface area contributed by atoms with Crippen LogP contribution in [0.5, 0.6) is 5.75 Å². The van der Waals surface area contributed by atoms with Gasteiger partial charge in [-0.3, -0.25) is 4.72 Å². The molecule has 2 N–H and O–H groups in total. The zero-order valence-corrected chi connectivity index (χ0v) is 13.1. The van der Waals surface area contributed by atoms with Crippen molar-refractivity contribution in [2.24, 2.45) is 0 Å². The molecular formula is C13H12INO3S. The summed E-state index contributed by atoms with van der Waals surface area (Å²) in [6.45, 7) is 1.73. The molecule has 6 heteroatoms. The van der Waals surface area contributed by atoms with Gasteiger partial charge in [0.2, 0.25) is 0 Å². The van der Waals surface area contributed by atoms with Gasteiger partial charge in [0.15, 0.2) is 0 Å². The first-order chi connectivity index (χ1) is 8.88. The summed E-state index contributed by atoms with van der Waals surface area (Å²) in [6, 6.07) is 11.1. The minimum atomic E-state index is -3.60. The van der Waals surface area contributed by atoms with Crippen LogP contribution in [0.25, 0.3) is 0 Å². The number of aryl methyl sites for hydroxylation is 1. The number of anilines is 1. The van der Waals surface area contributed by atoms with Gasteiger partial charge in [-0.25, -0.2) is 8.42 Å². The predicted octanol–water partition coefficient (Wildman–Crippen LogP) is 3.11. The van der Waals surface area contributed by atoms with Crippen LogP contribution in [-0.2, 0) is 10.0 Å². The average Bonchev–Trinajstić information content (AvgIpc) is 2.33. The molecule has 2 aromatic rings. The summed E-state index contributed by atoms with van der Waals surface area (Å²) in [6.07, 6.45) is 0. The summed E-state index contributed by atoms with van der Waals surface area (Å²) in [5.74, 6) is 0.106. The number of aromatic hydroxyl groups is 1. The molecule has 2 rings (SSSR count). The Morgan fingerprint density at radius 2 is 1.74 bits per heavy atom. The first-order valence-electron chi connectivity index (χ1n) is 5.46. The molecule has 0 radical (unpaired) electrons. The van der Waals surface area contributed by atoms with E-state index in [9.17, 15) is 13.5 Å². The van der Waals surface area contributed by atoms with E-state index in [0.29, 0.717) is 11.3 Å². The number of hydrogen-bond donors (Lipinski definition) is 2. The SMILES string of the molecule is Cc1cc(O)ccc1NS(=O)(=O)c1ccc(I)cc1. The molecule has 0 bridgehead atoms. The van der Waals surface area contributed by atoms with Crippen LogP contribution in [0.4, 0.5) is 5.69 Å². The van der Waals surface area contributed by atoms with Crippen LogP contribution < -0.4 is 4.72 Å². The molecule has 0 aliphatic rings. The molecule has 0 fully saturated rings. The van der Waals surface area contributed by atoms with Crippen LogP contribution in [0, 0.1) is 10.5 Å². The number of benzene rings is 2. The van der Waals surface area contributed by atoms with E-state index >= 15 is 0 Å². The van der Waals surface area contributed by atoms with Crippen molar-refractivity contribution in [1.29, 1.82) is 0 Å². The number of hydrogen-bond acceptors (Lipinski definition) is 3. The highest BCUT2D eigenvalue weighted by Crippen LogP contribution is 2.23. The highest BCUT2D eigenvalue weighted by Gasteiger charge is 2.15. The smallest absolute Gasteiger partial charge is 0.261 e. The van der Waals surface area contributed by atoms with Gasteiger partial charge in [-0.2, -0.15) is 0 Å². The van der Waals surface area contributed by atoms with Gasteiger partial charge in [0.25, 0.3) is 10.0 Å². The monoisotopic (exact) mass is 389 g/mol. The van der Waals surface area contributed by atoms with Gasteiger partial charge < -0.3 is 5.11 Å². The standard InChI is InChI=1S/C13H12INO3S/c1-9-8-11(16)4-7-13(9)15-19(17,18)12-5-2-10(14)3-6-12/h2-8,15-16H,1H3. The average molecular weight is 389 g/mol. The molecule has 19 heavy (non-hydrogen) atoms. The Balaban J connectivity index is 2.33. The first-order valence-corrected chi connectivity index (χ1v) is 8.03. The summed E-state index contributed by atoms with van der Waals surface area (Å²) in [5.41, 5.74) is 1.12. The van der Waals surface area contributed by atoms with Gasteiger partial charge in [0.05, 0.1) is 10.6 Å². The normalized spacial score (nSPS) is 11.3. The third-order valence-corrected chi connectivity index (χ3v) is 4.68. The number of sulfonamides is 1. The van der Waals surface area contributed by atoms with E-state index in [2.05, 4.69) is 27.3 Å². The van der Waals surface area contributed by atoms with Gasteiger partial charge >= 0.3 is 0 Å². The molecule has 0 saturated carbocycles. The van der Waals surface area contributed by atoms with Crippen LogP contribution in [0.1, 0.15) is 5.56 Å². The van der Waals surface area contributed by atoms with Crippen LogP contribution >= 0.6 is 22.6 Å². The highest BCUT2D eigenvalue weighted by atomic mass is 127. The summed E-state index contributed by atoms with van der Waals surface area (Å²) in [7, 11) is -3.60. The minimum Gasteiger partial charge on any atom is -0.508 e. The fraction of sp³-hybridized carbons (Fsp3) is 0.0769. The lowest BCUT2D eigenvalue weighted by Crippen LogP contribution is -2.13. The maximum atomic E-state index is 12.2. The van der Waals surface area contributed by atoms with Gasteiger partial charge in [0, 0.05) is 3.57 Å². The number of phenols is 1. The number of phenolic OH excluding ortho intramolecular Hbond substituents is 1. The van der Waals surface area contributed by atoms with E-state index in [-0.39, 0.29) is 10.6 Å². The Bertz CT molecular complexity index is 696. The molecule has 100 valence electrons. The van der Waals surface area contributed by atoms with Crippen molar-refractivity contribution in [3.05, 3.63) is 51.6 Å². The van der Waals surface area contributed by atoms with Gasteiger partial charge in [0.1, 0.15) is 5.75 Å². The molecule has 4 nitrogen and oxygen atoms in total. The summed E-state index contributed by atoms with van der Waals surface area (Å²) < 4.78 is 27.8. The molecule has 0 amide bonds. The van der Waals surface area contributed by atoms with Gasteiger partial charge in [-0.05, 0) is 77.5 Å². The van der Waals surface area contributed by atoms with E-state index in [4.69, 9.17) is 0 Å². The van der Waals surface area contributed by atoms with Crippen molar-refractivity contribution in [3.8, 4) is 5.75 Å². The molecule has 0 heterocycles. The lowest BCUT2D eigenvalue weighted by molar-refractivity contribution is 0.475. The Kier molecular flexibility index (Phi) is 4.00. The number of nitrogens with one attached hydrogen (secondary N) is 1. The quantitative estimate of drug-likeness (QED) is 0.626. The molecule has 0 aliphatic carbocycles. The maximum absolute atomic E-state index is 12.2. The van der Waals surface area contributed by atoms with Crippen LogP contribution in [0.3, 0.4) is 0 Å². The molecule has 0 atom stereocenters. The minimum absolute atomic E-state index is 0.106. The third kappa shape index (κ3) is 3.38. The Hall–Kier alpha value is -1.28. The molecule has 0 unspecified atom stereocenters. The van der Waals surface area contributed by atoms with E-state index in [1.54, 1.807) is 31.2 Å². The molecule has 0 aliphatic heterocycles. The van der Waals surface area contributed by atoms with E-state index in [1.165, 1.54) is 18.2 Å². The predicted molar refractivity (Wildman–Crippen MR) is 82.8 cm³/mol. The largest absolute Gasteiger partial charge is 0.508 e. The van der Waals surface area contributed by atoms with Gasteiger partial charge in [-0.15, -0.1) is 0 Å². The molecule has 2 aromatic carbocycles. The summed E-state index contributed by atoms with van der Waals surface area (Å²) >= 11 is 2.11. The maximum Gasteiger partial charge on any atom is 0.261 e. The summed E-state index contributed by atoms with van der Waals surface area (Å²) in [5, 5.41) is 9.31. The van der Waals surface area contributed by atoms with Crippen molar-refractivity contribution >= 4 is 38.3 Å². The van der Waals surface area contributed by atoms with E-state index in [0.717, 1.165) is 3.57 Å². The first kappa shape index (κ1) is 14.1. The molecule has 0 aromatic heterocycles. The van der Waals surface area contributed by atoms with Crippen LogP contribution in [-0.4, -0.2) is 13.5 Å². The summed E-state index contributed by atoms with van der Waals surface area (Å²) in [4.78, 5) is 0.209. The highest BCUT2D eigenvalue weighted by molar-refractivity contribution is 14.1. The lowest BCUT2D eigenvalue weighted by atomic mass is 10.2. The number of halogens is 1. The Morgan fingerprint density at radius 1 is 1.11 bits per heavy atom. The second-order valence-corrected chi connectivity index (χ2v) is 6.99. The second-order valence-electron chi connectivity index (χ2n) is 4.06. The van der Waals surface area contributed by atoms with Crippen LogP contribution in [0.2, 0.25) is 0 Å². The van der Waals surface area contributed by atoms with Crippen molar-refractivity contribution in [2.45, 2.75) is 11.8 Å². The Morgan fingerprint density at radius 3 is 2.32 bits per heavy atom. The second kappa shape index (κ2) is 5.38. The van der Waals surface area contributed by atoms with Gasteiger partial charge in [-0.1, -0.05) is 0 Å². The topological polar surface area (TPSA) is 66.4 Å². The van der Waals surface area contributed by atoms with E-state index in [1.807, 2.05) is 0 Å². The van der Waals surface area contributed by atoms with Crippen molar-refractivity contribution < 1.29 is 13.5 Å². The Labute approximate surface area is 125 Å². The lowest BCUT2D eigenvalue weighted by Gasteiger charge is -2.10. The zero-order chi connectivity index (χ0) is 14.0. The van der Waals surface area contributed by atoms with Crippen molar-refractivity contribution in [2.75, 3.05) is 4.72 Å². The zero-order valence-electron chi connectivity index (χ0n) is 10.1. The molecule has 0 saturated heterocycles. The van der Waals surface area contributed by atoms with E-state index < -0.39 is 10.0 Å². The fourth-order valence-electron chi connectivity index (χ4n) is 1.58. The third-order valence-electron chi connectivity index (χ3n) is 2.58. The van der Waals surface area contributed by atoms with Crippen molar-refractivity contribution in [3.63, 3.8) is 0 Å². The molecule has 0 spiro atoms. The van der Waals surface area contributed by atoms with Crippen LogP contribution in [0.15, 0.2) is 47.4 Å².